The number of hydrogen-bond acceptors (Lipinski definition) is 3. The third kappa shape index (κ3) is 2.32. The highest BCUT2D eigenvalue weighted by molar-refractivity contribution is 5.39. The first-order valence-electron chi connectivity index (χ1n) is 7.96. The van der Waals surface area contributed by atoms with Crippen molar-refractivity contribution in [3.05, 3.63) is 23.8 Å². The summed E-state index contributed by atoms with van der Waals surface area (Å²) >= 11 is 0. The lowest BCUT2D eigenvalue weighted by Crippen LogP contribution is -2.49. The molecule has 0 saturated heterocycles. The van der Waals surface area contributed by atoms with Crippen LogP contribution in [0, 0.1) is 16.7 Å². The predicted octanol–water partition coefficient (Wildman–Crippen LogP) is 3.71. The number of hydrogen-bond donors (Lipinski definition) is 2. The first-order chi connectivity index (χ1) is 9.87. The van der Waals surface area contributed by atoms with Gasteiger partial charge in [-0.15, -0.1) is 0 Å². The van der Waals surface area contributed by atoms with Crippen LogP contribution in [0.2, 0.25) is 0 Å². The molecule has 1 aromatic carbocycles. The van der Waals surface area contributed by atoms with Gasteiger partial charge in [-0.3, -0.25) is 0 Å². The number of phenols is 1. The molecule has 116 valence electrons. The van der Waals surface area contributed by atoms with Gasteiger partial charge in [-0.1, -0.05) is 20.8 Å². The second kappa shape index (κ2) is 4.91. The van der Waals surface area contributed by atoms with Crippen molar-refractivity contribution in [3.8, 4) is 11.5 Å². The average Bonchev–Trinajstić information content (AvgIpc) is 2.91. The zero-order valence-electron chi connectivity index (χ0n) is 13.6. The molecule has 2 fully saturated rings. The minimum absolute atomic E-state index is 0.335. The summed E-state index contributed by atoms with van der Waals surface area (Å²) in [4.78, 5) is 0. The Morgan fingerprint density at radius 2 is 2.10 bits per heavy atom. The van der Waals surface area contributed by atoms with Gasteiger partial charge in [0.2, 0.25) is 0 Å². The predicted molar refractivity (Wildman–Crippen MR) is 84.5 cm³/mol. The lowest BCUT2D eigenvalue weighted by molar-refractivity contribution is 0.108. The number of rotatable bonds is 4. The molecule has 3 rings (SSSR count). The summed E-state index contributed by atoms with van der Waals surface area (Å²) in [6.07, 6.45) is 4.02. The zero-order valence-corrected chi connectivity index (χ0v) is 13.6. The van der Waals surface area contributed by atoms with Gasteiger partial charge in [-0.05, 0) is 54.2 Å². The molecule has 3 heteroatoms. The summed E-state index contributed by atoms with van der Waals surface area (Å²) in [7, 11) is 1.66. The number of fused-ring (bicyclic) bond motifs is 2. The molecule has 2 aliphatic carbocycles. The third-order valence-corrected chi connectivity index (χ3v) is 6.05. The summed E-state index contributed by atoms with van der Waals surface area (Å²) in [5, 5.41) is 13.8. The lowest BCUT2D eigenvalue weighted by Gasteiger charge is -2.43. The molecular formula is C18H27NO2. The van der Waals surface area contributed by atoms with E-state index in [9.17, 15) is 5.11 Å². The maximum Gasteiger partial charge on any atom is 0.120 e. The molecule has 0 aliphatic heterocycles. The van der Waals surface area contributed by atoms with Gasteiger partial charge in [0.1, 0.15) is 11.5 Å². The van der Waals surface area contributed by atoms with Gasteiger partial charge in [0.25, 0.3) is 0 Å². The molecule has 0 radical (unpaired) electrons. The molecule has 0 heterocycles. The fourth-order valence-corrected chi connectivity index (χ4v) is 4.85. The van der Waals surface area contributed by atoms with E-state index in [4.69, 9.17) is 4.74 Å². The van der Waals surface area contributed by atoms with Gasteiger partial charge in [-0.2, -0.15) is 0 Å². The average molecular weight is 289 g/mol. The Labute approximate surface area is 127 Å². The number of nitrogens with one attached hydrogen (secondary N) is 1. The largest absolute Gasteiger partial charge is 0.508 e. The van der Waals surface area contributed by atoms with Crippen LogP contribution in [0.25, 0.3) is 0 Å². The van der Waals surface area contributed by atoms with E-state index < -0.39 is 0 Å². The van der Waals surface area contributed by atoms with Crippen molar-refractivity contribution in [2.24, 2.45) is 16.7 Å². The number of ether oxygens (including phenoxy) is 1. The monoisotopic (exact) mass is 289 g/mol. The Bertz CT molecular complexity index is 535. The smallest absolute Gasteiger partial charge is 0.120 e. The third-order valence-electron chi connectivity index (χ3n) is 6.05. The van der Waals surface area contributed by atoms with Crippen molar-refractivity contribution >= 4 is 0 Å². The molecule has 0 amide bonds. The number of phenolic OH excluding ortho intramolecular Hbond substituents is 1. The highest BCUT2D eigenvalue weighted by atomic mass is 16.5. The summed E-state index contributed by atoms with van der Waals surface area (Å²) in [6, 6.07) is 5.94. The first kappa shape index (κ1) is 14.7. The van der Waals surface area contributed by atoms with Gasteiger partial charge in [0.05, 0.1) is 7.11 Å². The van der Waals surface area contributed by atoms with Crippen LogP contribution >= 0.6 is 0 Å². The van der Waals surface area contributed by atoms with Crippen LogP contribution in [0.5, 0.6) is 11.5 Å². The van der Waals surface area contributed by atoms with E-state index in [0.717, 1.165) is 17.2 Å². The van der Waals surface area contributed by atoms with E-state index in [0.29, 0.717) is 29.2 Å². The number of methoxy groups -OCH3 is 1. The molecule has 2 N–H and O–H groups in total. The van der Waals surface area contributed by atoms with Crippen LogP contribution < -0.4 is 10.1 Å². The minimum atomic E-state index is 0.335. The summed E-state index contributed by atoms with van der Waals surface area (Å²) in [5.74, 6) is 1.97. The number of aromatic hydroxyl groups is 1. The van der Waals surface area contributed by atoms with Crippen LogP contribution in [-0.2, 0) is 6.54 Å². The Morgan fingerprint density at radius 3 is 2.71 bits per heavy atom. The van der Waals surface area contributed by atoms with E-state index in [1.165, 1.54) is 19.3 Å². The maximum absolute atomic E-state index is 10.0. The van der Waals surface area contributed by atoms with Crippen molar-refractivity contribution in [2.45, 2.75) is 52.6 Å². The second-order valence-corrected chi connectivity index (χ2v) is 7.72. The van der Waals surface area contributed by atoms with Gasteiger partial charge in [0.15, 0.2) is 0 Å². The molecule has 3 atom stereocenters. The van der Waals surface area contributed by atoms with Gasteiger partial charge < -0.3 is 15.2 Å². The highest BCUT2D eigenvalue weighted by Crippen LogP contribution is 2.62. The van der Waals surface area contributed by atoms with Crippen LogP contribution in [0.4, 0.5) is 0 Å². The molecule has 1 aromatic rings. The van der Waals surface area contributed by atoms with Gasteiger partial charge >= 0.3 is 0 Å². The SMILES string of the molecule is COc1ccc(O)c(CNC2C3(C)CCC(C3)C2(C)C)c1. The Hall–Kier alpha value is -1.22. The molecule has 3 unspecified atom stereocenters. The van der Waals surface area contributed by atoms with Crippen molar-refractivity contribution in [1.29, 1.82) is 0 Å². The second-order valence-electron chi connectivity index (χ2n) is 7.72. The lowest BCUT2D eigenvalue weighted by atomic mass is 9.68. The normalized spacial score (nSPS) is 33.3. The first-order valence-corrected chi connectivity index (χ1v) is 7.96. The molecular weight excluding hydrogens is 262 g/mol. The fraction of sp³-hybridized carbons (Fsp3) is 0.667. The van der Waals surface area contributed by atoms with E-state index >= 15 is 0 Å². The van der Waals surface area contributed by atoms with Gasteiger partial charge in [-0.25, -0.2) is 0 Å². The molecule has 21 heavy (non-hydrogen) atoms. The minimum Gasteiger partial charge on any atom is -0.508 e. The standard InChI is InChI=1S/C18H27NO2/c1-17(2)13-7-8-18(3,10-13)16(17)19-11-12-9-14(21-4)5-6-15(12)20/h5-6,9,13,16,19-20H,7-8,10-11H2,1-4H3. The van der Waals surface area contributed by atoms with Crippen LogP contribution in [0.3, 0.4) is 0 Å². The number of benzene rings is 1. The van der Waals surface area contributed by atoms with E-state index in [-0.39, 0.29) is 0 Å². The van der Waals surface area contributed by atoms with Crippen LogP contribution in [-0.4, -0.2) is 18.3 Å². The quantitative estimate of drug-likeness (QED) is 0.888. The Morgan fingerprint density at radius 1 is 1.33 bits per heavy atom. The topological polar surface area (TPSA) is 41.5 Å². The van der Waals surface area contributed by atoms with Crippen LogP contribution in [0.15, 0.2) is 18.2 Å². The van der Waals surface area contributed by atoms with Crippen molar-refractivity contribution < 1.29 is 9.84 Å². The van der Waals surface area contributed by atoms with E-state index in [2.05, 4.69) is 26.1 Å². The zero-order chi connectivity index (χ0) is 15.3. The van der Waals surface area contributed by atoms with Crippen molar-refractivity contribution in [3.63, 3.8) is 0 Å². The summed E-state index contributed by atoms with van der Waals surface area (Å²) < 4.78 is 5.25. The summed E-state index contributed by atoms with van der Waals surface area (Å²) in [6.45, 7) is 7.90. The Balaban J connectivity index is 1.76. The van der Waals surface area contributed by atoms with Gasteiger partial charge in [0, 0.05) is 18.2 Å². The molecule has 0 aromatic heterocycles. The fourth-order valence-electron chi connectivity index (χ4n) is 4.85. The van der Waals surface area contributed by atoms with Crippen molar-refractivity contribution in [1.82, 2.24) is 5.32 Å². The molecule has 2 bridgehead atoms. The highest BCUT2D eigenvalue weighted by Gasteiger charge is 2.58. The molecule has 0 spiro atoms. The summed E-state index contributed by atoms with van der Waals surface area (Å²) in [5.41, 5.74) is 1.65. The molecule has 3 nitrogen and oxygen atoms in total. The van der Waals surface area contributed by atoms with Crippen LogP contribution in [0.1, 0.15) is 45.6 Å². The van der Waals surface area contributed by atoms with E-state index in [1.807, 2.05) is 6.07 Å². The maximum atomic E-state index is 10.0. The Kier molecular flexibility index (Phi) is 3.44. The molecule has 2 aliphatic rings. The van der Waals surface area contributed by atoms with Crippen molar-refractivity contribution in [2.75, 3.05) is 7.11 Å². The van der Waals surface area contributed by atoms with E-state index in [1.54, 1.807) is 19.2 Å². The molecule has 2 saturated carbocycles.